The standard InChI is InChI=1S/C36H63N.C4H6.Ti/c1-9-11-13-15-17-18-20-24-28-37(35(4,5)6)33(27-21-19-16-14-12-10-2)36(7,8)34-30(3)29-31-25-22-23-26-32(31)34;1-3-4-2;/h22-23,25-26,29,33-34H,9-21,24,27-28H2,1-8H3;3-4H,1-2H2;/q;;+4. The Morgan fingerprint density at radius 2 is 1.21 bits per heavy atom. The molecule has 0 aromatic heterocycles. The van der Waals surface area contributed by atoms with Crippen LogP contribution in [-0.4, -0.2) is 23.0 Å². The quantitative estimate of drug-likeness (QED) is 0.0805. The average molecular weight is 612 g/mol. The van der Waals surface area contributed by atoms with Crippen LogP contribution in [0.4, 0.5) is 0 Å². The molecule has 1 aliphatic carbocycles. The van der Waals surface area contributed by atoms with E-state index in [0.717, 1.165) is 0 Å². The van der Waals surface area contributed by atoms with Gasteiger partial charge in [0.05, 0.1) is 0 Å². The van der Waals surface area contributed by atoms with Gasteiger partial charge in [0.25, 0.3) is 0 Å². The molecule has 1 aromatic rings. The van der Waals surface area contributed by atoms with Crippen LogP contribution in [-0.2, 0) is 21.7 Å². The van der Waals surface area contributed by atoms with Crippen molar-refractivity contribution in [1.29, 1.82) is 0 Å². The molecule has 0 saturated heterocycles. The Labute approximate surface area is 279 Å². The Hall–Kier alpha value is -0.886. The second kappa shape index (κ2) is 22.6. The van der Waals surface area contributed by atoms with Gasteiger partial charge in [-0.15, -0.1) is 0 Å². The molecule has 2 heteroatoms. The van der Waals surface area contributed by atoms with Crippen molar-refractivity contribution in [2.24, 2.45) is 5.41 Å². The topological polar surface area (TPSA) is 3.24 Å². The summed E-state index contributed by atoms with van der Waals surface area (Å²) < 4.78 is 0. The van der Waals surface area contributed by atoms with Gasteiger partial charge >= 0.3 is 21.7 Å². The number of benzene rings is 1. The van der Waals surface area contributed by atoms with E-state index >= 15 is 0 Å². The van der Waals surface area contributed by atoms with Crippen molar-refractivity contribution < 1.29 is 21.7 Å². The fourth-order valence-corrected chi connectivity index (χ4v) is 7.08. The van der Waals surface area contributed by atoms with Gasteiger partial charge in [0, 0.05) is 17.5 Å². The summed E-state index contributed by atoms with van der Waals surface area (Å²) in [5, 5.41) is 0. The zero-order chi connectivity index (χ0) is 30.7. The molecular formula is C40H69NTi+4. The van der Waals surface area contributed by atoms with Crippen molar-refractivity contribution in [2.45, 2.75) is 169 Å². The van der Waals surface area contributed by atoms with Crippen molar-refractivity contribution >= 4 is 6.08 Å². The van der Waals surface area contributed by atoms with E-state index in [1.165, 1.54) is 108 Å². The Morgan fingerprint density at radius 3 is 1.71 bits per heavy atom. The number of nitrogens with zero attached hydrogens (tertiary/aromatic N) is 1. The predicted octanol–water partition coefficient (Wildman–Crippen LogP) is 12.9. The van der Waals surface area contributed by atoms with Crippen LogP contribution in [0, 0.1) is 5.41 Å². The van der Waals surface area contributed by atoms with Gasteiger partial charge in [-0.2, -0.15) is 0 Å². The molecule has 0 bridgehead atoms. The van der Waals surface area contributed by atoms with Gasteiger partial charge in [-0.1, -0.05) is 172 Å². The Balaban J connectivity index is 0.00000315. The zero-order valence-electron chi connectivity index (χ0n) is 29.4. The summed E-state index contributed by atoms with van der Waals surface area (Å²) >= 11 is 0. The van der Waals surface area contributed by atoms with Gasteiger partial charge < -0.3 is 0 Å². The summed E-state index contributed by atoms with van der Waals surface area (Å²) in [5.74, 6) is 0.511. The molecule has 234 valence electrons. The van der Waals surface area contributed by atoms with Crippen molar-refractivity contribution in [2.75, 3.05) is 6.54 Å². The first-order chi connectivity index (χ1) is 19.6. The predicted molar refractivity (Wildman–Crippen MR) is 188 cm³/mol. The number of fused-ring (bicyclic) bond motifs is 1. The molecule has 2 rings (SSSR count). The summed E-state index contributed by atoms with van der Waals surface area (Å²) in [7, 11) is 0. The molecule has 0 amide bonds. The number of hydrogen-bond acceptors (Lipinski definition) is 1. The molecule has 1 nitrogen and oxygen atoms in total. The molecule has 0 N–H and O–H groups in total. The molecule has 2 unspecified atom stereocenters. The second-order valence-electron chi connectivity index (χ2n) is 14.2. The number of rotatable bonds is 20. The van der Waals surface area contributed by atoms with Crippen molar-refractivity contribution in [3.05, 3.63) is 66.3 Å². The third-order valence-corrected chi connectivity index (χ3v) is 9.24. The summed E-state index contributed by atoms with van der Waals surface area (Å²) in [6.45, 7) is 27.5. The maximum Gasteiger partial charge on any atom is 4.00 e. The molecule has 1 aromatic carbocycles. The molecule has 42 heavy (non-hydrogen) atoms. The molecule has 0 fully saturated rings. The first-order valence-electron chi connectivity index (χ1n) is 17.3. The second-order valence-corrected chi connectivity index (χ2v) is 14.2. The van der Waals surface area contributed by atoms with Crippen LogP contribution in [0.1, 0.15) is 169 Å². The third kappa shape index (κ3) is 14.3. The van der Waals surface area contributed by atoms with Crippen molar-refractivity contribution in [3.8, 4) is 0 Å². The number of allylic oxidation sites excluding steroid dienone is 3. The molecular weight excluding hydrogens is 542 g/mol. The van der Waals surface area contributed by atoms with E-state index in [2.05, 4.69) is 104 Å². The summed E-state index contributed by atoms with van der Waals surface area (Å²) in [6, 6.07) is 9.76. The molecule has 0 heterocycles. The molecule has 0 saturated carbocycles. The molecule has 1 aliphatic rings. The van der Waals surface area contributed by atoms with Gasteiger partial charge in [-0.3, -0.25) is 4.90 Å². The Morgan fingerprint density at radius 1 is 0.738 bits per heavy atom. The van der Waals surface area contributed by atoms with E-state index in [1.807, 2.05) is 0 Å². The Bertz CT molecular complexity index is 868. The number of unbranched alkanes of at least 4 members (excludes halogenated alkanes) is 12. The van der Waals surface area contributed by atoms with E-state index in [0.29, 0.717) is 12.0 Å². The van der Waals surface area contributed by atoms with E-state index in [4.69, 9.17) is 0 Å². The molecule has 0 radical (unpaired) electrons. The maximum atomic E-state index is 3.36. The monoisotopic (exact) mass is 611 g/mol. The minimum absolute atomic E-state index is 0. The third-order valence-electron chi connectivity index (χ3n) is 9.24. The van der Waals surface area contributed by atoms with Crippen LogP contribution in [0.2, 0.25) is 0 Å². The molecule has 0 aliphatic heterocycles. The summed E-state index contributed by atoms with van der Waals surface area (Å²) in [4.78, 5) is 2.93. The summed E-state index contributed by atoms with van der Waals surface area (Å²) in [5.41, 5.74) is 4.92. The normalized spacial score (nSPS) is 15.3. The van der Waals surface area contributed by atoms with Crippen LogP contribution in [0.25, 0.3) is 6.08 Å². The molecule has 2 atom stereocenters. The first kappa shape index (κ1) is 41.1. The van der Waals surface area contributed by atoms with Gasteiger partial charge in [0.15, 0.2) is 0 Å². The van der Waals surface area contributed by atoms with Crippen LogP contribution >= 0.6 is 0 Å². The van der Waals surface area contributed by atoms with Gasteiger partial charge in [-0.05, 0) is 63.6 Å². The smallest absolute Gasteiger partial charge is 0.295 e. The van der Waals surface area contributed by atoms with Crippen LogP contribution in [0.15, 0.2) is 55.1 Å². The van der Waals surface area contributed by atoms with Gasteiger partial charge in [0.2, 0.25) is 0 Å². The van der Waals surface area contributed by atoms with Crippen molar-refractivity contribution in [3.63, 3.8) is 0 Å². The minimum Gasteiger partial charge on any atom is -0.295 e. The largest absolute Gasteiger partial charge is 4.00 e. The van der Waals surface area contributed by atoms with Gasteiger partial charge in [0.1, 0.15) is 0 Å². The minimum atomic E-state index is 0. The van der Waals surface area contributed by atoms with E-state index in [1.54, 1.807) is 23.3 Å². The van der Waals surface area contributed by atoms with E-state index < -0.39 is 0 Å². The SMILES string of the molecule is C=CC=C.CCCCCCCCCCN(C(CCCCCCCC)C(C)(C)C1C(C)=Cc2ccccc21)C(C)(C)C.[Ti+4]. The molecule has 0 spiro atoms. The van der Waals surface area contributed by atoms with Crippen molar-refractivity contribution in [1.82, 2.24) is 4.90 Å². The van der Waals surface area contributed by atoms with Crippen LogP contribution in [0.3, 0.4) is 0 Å². The van der Waals surface area contributed by atoms with Crippen LogP contribution < -0.4 is 0 Å². The van der Waals surface area contributed by atoms with Gasteiger partial charge in [-0.25, -0.2) is 0 Å². The zero-order valence-corrected chi connectivity index (χ0v) is 30.9. The van der Waals surface area contributed by atoms with E-state index in [9.17, 15) is 0 Å². The van der Waals surface area contributed by atoms with E-state index in [-0.39, 0.29) is 32.7 Å². The Kier molecular flexibility index (Phi) is 22.1. The number of hydrogen-bond donors (Lipinski definition) is 0. The summed E-state index contributed by atoms with van der Waals surface area (Å²) in [6.07, 6.45) is 26.5. The average Bonchev–Trinajstić information content (AvgIpc) is 3.28. The fourth-order valence-electron chi connectivity index (χ4n) is 7.08. The maximum absolute atomic E-state index is 3.36. The first-order valence-corrected chi connectivity index (χ1v) is 17.3. The fraction of sp³-hybridized carbons (Fsp3) is 0.700. The van der Waals surface area contributed by atoms with Crippen LogP contribution in [0.5, 0.6) is 0 Å².